The molecular weight excluding hydrogens is 276 g/mol. The monoisotopic (exact) mass is 298 g/mol. The van der Waals surface area contributed by atoms with Crippen LogP contribution in [-0.4, -0.2) is 29.6 Å². The molecule has 0 unspecified atom stereocenters. The van der Waals surface area contributed by atoms with E-state index in [0.29, 0.717) is 18.9 Å². The molecule has 0 atom stereocenters. The van der Waals surface area contributed by atoms with E-state index < -0.39 is 0 Å². The first-order valence-corrected chi connectivity index (χ1v) is 7.90. The van der Waals surface area contributed by atoms with Crippen LogP contribution in [-0.2, 0) is 4.74 Å². The lowest BCUT2D eigenvalue weighted by atomic mass is 9.87. The van der Waals surface area contributed by atoms with Gasteiger partial charge in [-0.3, -0.25) is 4.79 Å². The molecule has 0 aliphatic carbocycles. The van der Waals surface area contributed by atoms with Crippen molar-refractivity contribution in [3.8, 4) is 0 Å². The van der Waals surface area contributed by atoms with E-state index in [1.165, 1.54) is 0 Å². The van der Waals surface area contributed by atoms with Gasteiger partial charge >= 0.3 is 0 Å². The number of carbonyl (C=O) groups excluding carboxylic acids is 1. The standard InChI is InChI=1S/C18H22N2O2/c1-3-18(8-10-22-11-9-18)20-17(21)16-12-13(2)14-6-4-5-7-15(14)19-16/h4-7,12H,3,8-11H2,1-2H3,(H,20,21). The Hall–Kier alpha value is -1.94. The zero-order valence-electron chi connectivity index (χ0n) is 13.2. The van der Waals surface area contributed by atoms with Crippen molar-refractivity contribution < 1.29 is 9.53 Å². The minimum atomic E-state index is -0.156. The predicted molar refractivity (Wildman–Crippen MR) is 87.0 cm³/mol. The molecule has 2 aromatic rings. The van der Waals surface area contributed by atoms with Crippen molar-refractivity contribution in [2.24, 2.45) is 0 Å². The van der Waals surface area contributed by atoms with Gasteiger partial charge in [0.1, 0.15) is 5.69 Å². The first kappa shape index (κ1) is 15.0. The van der Waals surface area contributed by atoms with E-state index >= 15 is 0 Å². The van der Waals surface area contributed by atoms with E-state index in [1.54, 1.807) is 0 Å². The molecule has 1 N–H and O–H groups in total. The van der Waals surface area contributed by atoms with Gasteiger partial charge in [-0.2, -0.15) is 0 Å². The first-order chi connectivity index (χ1) is 10.6. The number of para-hydroxylation sites is 1. The van der Waals surface area contributed by atoms with Gasteiger partial charge in [0.05, 0.1) is 5.52 Å². The molecule has 0 bridgehead atoms. The van der Waals surface area contributed by atoms with E-state index in [0.717, 1.165) is 35.7 Å². The van der Waals surface area contributed by atoms with Crippen LogP contribution >= 0.6 is 0 Å². The molecule has 1 fully saturated rings. The van der Waals surface area contributed by atoms with Crippen LogP contribution in [0.3, 0.4) is 0 Å². The van der Waals surface area contributed by atoms with Gasteiger partial charge in [-0.15, -0.1) is 0 Å². The van der Waals surface area contributed by atoms with Crippen molar-refractivity contribution in [2.45, 2.75) is 38.6 Å². The Morgan fingerprint density at radius 1 is 1.32 bits per heavy atom. The number of aryl methyl sites for hydroxylation is 1. The number of fused-ring (bicyclic) bond motifs is 1. The molecule has 1 amide bonds. The van der Waals surface area contributed by atoms with Crippen LogP contribution in [0.25, 0.3) is 10.9 Å². The molecule has 3 rings (SSSR count). The Balaban J connectivity index is 1.88. The fraction of sp³-hybridized carbons (Fsp3) is 0.444. The van der Waals surface area contributed by atoms with Crippen molar-refractivity contribution in [3.05, 3.63) is 41.6 Å². The molecule has 0 spiro atoms. The van der Waals surface area contributed by atoms with E-state index in [1.807, 2.05) is 37.3 Å². The number of ether oxygens (including phenoxy) is 1. The third-order valence-electron chi connectivity index (χ3n) is 4.66. The number of nitrogens with zero attached hydrogens (tertiary/aromatic N) is 1. The zero-order valence-corrected chi connectivity index (χ0v) is 13.2. The van der Waals surface area contributed by atoms with Crippen molar-refractivity contribution >= 4 is 16.8 Å². The number of rotatable bonds is 3. The fourth-order valence-corrected chi connectivity index (χ4v) is 3.10. The number of pyridine rings is 1. The second kappa shape index (κ2) is 6.05. The van der Waals surface area contributed by atoms with Crippen LogP contribution in [0.2, 0.25) is 0 Å². The highest BCUT2D eigenvalue weighted by molar-refractivity contribution is 5.96. The Labute approximate surface area is 130 Å². The van der Waals surface area contributed by atoms with Crippen molar-refractivity contribution in [3.63, 3.8) is 0 Å². The highest BCUT2D eigenvalue weighted by Crippen LogP contribution is 2.25. The lowest BCUT2D eigenvalue weighted by molar-refractivity contribution is 0.0344. The topological polar surface area (TPSA) is 51.2 Å². The maximum Gasteiger partial charge on any atom is 0.270 e. The summed E-state index contributed by atoms with van der Waals surface area (Å²) in [5.41, 5.74) is 2.28. The van der Waals surface area contributed by atoms with Crippen molar-refractivity contribution in [2.75, 3.05) is 13.2 Å². The Bertz CT molecular complexity index is 691. The molecule has 1 aromatic carbocycles. The maximum atomic E-state index is 12.7. The maximum absolute atomic E-state index is 12.7. The molecule has 4 heteroatoms. The molecule has 1 aliphatic heterocycles. The molecule has 2 heterocycles. The lowest BCUT2D eigenvalue weighted by Gasteiger charge is -2.37. The van der Waals surface area contributed by atoms with E-state index in [-0.39, 0.29) is 11.4 Å². The quantitative estimate of drug-likeness (QED) is 0.946. The third-order valence-corrected chi connectivity index (χ3v) is 4.66. The molecule has 0 saturated carbocycles. The molecular formula is C18H22N2O2. The van der Waals surface area contributed by atoms with Gasteiger partial charge in [-0.25, -0.2) is 4.98 Å². The third kappa shape index (κ3) is 2.83. The van der Waals surface area contributed by atoms with Gasteiger partial charge in [0, 0.05) is 24.1 Å². The smallest absolute Gasteiger partial charge is 0.270 e. The number of benzene rings is 1. The molecule has 22 heavy (non-hydrogen) atoms. The van der Waals surface area contributed by atoms with E-state index in [9.17, 15) is 4.79 Å². The van der Waals surface area contributed by atoms with Crippen LogP contribution in [0, 0.1) is 6.92 Å². The number of carbonyl (C=O) groups is 1. The van der Waals surface area contributed by atoms with Gasteiger partial charge in [0.15, 0.2) is 0 Å². The van der Waals surface area contributed by atoms with Crippen molar-refractivity contribution in [1.29, 1.82) is 0 Å². The number of hydrogen-bond acceptors (Lipinski definition) is 3. The largest absolute Gasteiger partial charge is 0.381 e. The summed E-state index contributed by atoms with van der Waals surface area (Å²) in [6.45, 7) is 5.55. The molecule has 4 nitrogen and oxygen atoms in total. The minimum Gasteiger partial charge on any atom is -0.381 e. The average molecular weight is 298 g/mol. The summed E-state index contributed by atoms with van der Waals surface area (Å²) in [7, 11) is 0. The summed E-state index contributed by atoms with van der Waals surface area (Å²) in [6.07, 6.45) is 2.64. The minimum absolute atomic E-state index is 0.0856. The number of hydrogen-bond donors (Lipinski definition) is 1. The van der Waals surface area contributed by atoms with E-state index in [2.05, 4.69) is 17.2 Å². The van der Waals surface area contributed by atoms with Gasteiger partial charge in [-0.05, 0) is 43.9 Å². The molecule has 1 saturated heterocycles. The highest BCUT2D eigenvalue weighted by atomic mass is 16.5. The summed E-state index contributed by atoms with van der Waals surface area (Å²) >= 11 is 0. The summed E-state index contributed by atoms with van der Waals surface area (Å²) in [6, 6.07) is 9.79. The Morgan fingerprint density at radius 3 is 2.77 bits per heavy atom. The Morgan fingerprint density at radius 2 is 2.05 bits per heavy atom. The van der Waals surface area contributed by atoms with Gasteiger partial charge in [0.25, 0.3) is 5.91 Å². The SMILES string of the molecule is CCC1(NC(=O)c2cc(C)c3ccccc3n2)CCOCC1. The fourth-order valence-electron chi connectivity index (χ4n) is 3.10. The number of aromatic nitrogens is 1. The molecule has 1 aromatic heterocycles. The van der Waals surface area contributed by atoms with Crippen LogP contribution in [0.4, 0.5) is 0 Å². The Kier molecular flexibility index (Phi) is 4.12. The van der Waals surface area contributed by atoms with Crippen molar-refractivity contribution in [1.82, 2.24) is 10.3 Å². The van der Waals surface area contributed by atoms with Crippen LogP contribution in [0.1, 0.15) is 42.2 Å². The summed E-state index contributed by atoms with van der Waals surface area (Å²) < 4.78 is 5.42. The van der Waals surface area contributed by atoms with Crippen LogP contribution in [0.15, 0.2) is 30.3 Å². The molecule has 1 aliphatic rings. The molecule has 116 valence electrons. The zero-order chi connectivity index (χ0) is 15.6. The number of nitrogens with one attached hydrogen (secondary N) is 1. The summed E-state index contributed by atoms with van der Waals surface area (Å²) in [5, 5.41) is 4.30. The number of amides is 1. The van der Waals surface area contributed by atoms with Gasteiger partial charge in [0.2, 0.25) is 0 Å². The second-order valence-electron chi connectivity index (χ2n) is 6.04. The average Bonchev–Trinajstić information content (AvgIpc) is 2.55. The normalized spacial score (nSPS) is 17.4. The highest BCUT2D eigenvalue weighted by Gasteiger charge is 2.32. The van der Waals surface area contributed by atoms with E-state index in [4.69, 9.17) is 4.74 Å². The molecule has 0 radical (unpaired) electrons. The lowest BCUT2D eigenvalue weighted by Crippen LogP contribution is -2.51. The van der Waals surface area contributed by atoms with Crippen LogP contribution in [0.5, 0.6) is 0 Å². The van der Waals surface area contributed by atoms with Crippen LogP contribution < -0.4 is 5.32 Å². The predicted octanol–water partition coefficient (Wildman–Crippen LogP) is 3.23. The summed E-state index contributed by atoms with van der Waals surface area (Å²) in [4.78, 5) is 17.2. The van der Waals surface area contributed by atoms with Gasteiger partial charge < -0.3 is 10.1 Å². The van der Waals surface area contributed by atoms with Gasteiger partial charge in [-0.1, -0.05) is 25.1 Å². The second-order valence-corrected chi connectivity index (χ2v) is 6.04. The first-order valence-electron chi connectivity index (χ1n) is 7.90. The summed E-state index contributed by atoms with van der Waals surface area (Å²) in [5.74, 6) is -0.0856.